The number of rotatable bonds is 5. The minimum absolute atomic E-state index is 0.0374. The Morgan fingerprint density at radius 3 is 2.68 bits per heavy atom. The van der Waals surface area contributed by atoms with Crippen molar-refractivity contribution in [2.75, 3.05) is 0 Å². The first kappa shape index (κ1) is 13.4. The summed E-state index contributed by atoms with van der Waals surface area (Å²) >= 11 is 0. The van der Waals surface area contributed by atoms with E-state index in [4.69, 9.17) is 5.26 Å². The van der Waals surface area contributed by atoms with Crippen molar-refractivity contribution in [2.24, 2.45) is 5.92 Å². The summed E-state index contributed by atoms with van der Waals surface area (Å²) in [5.74, 6) is 0.169. The number of nitrogens with one attached hydrogen (secondary N) is 1. The second-order valence-electron chi connectivity index (χ2n) is 4.87. The molecule has 0 aliphatic heterocycles. The summed E-state index contributed by atoms with van der Waals surface area (Å²) < 4.78 is 0. The Bertz CT molecular complexity index is 509. The summed E-state index contributed by atoms with van der Waals surface area (Å²) in [5, 5.41) is 12.0. The quantitative estimate of drug-likeness (QED) is 0.648. The van der Waals surface area contributed by atoms with Gasteiger partial charge in [-0.05, 0) is 30.7 Å². The second kappa shape index (κ2) is 6.19. The van der Waals surface area contributed by atoms with Crippen molar-refractivity contribution in [2.45, 2.75) is 32.2 Å². The molecule has 1 aliphatic rings. The van der Waals surface area contributed by atoms with Crippen molar-refractivity contribution in [3.05, 3.63) is 47.5 Å². The molecule has 0 radical (unpaired) electrons. The molecule has 0 saturated heterocycles. The monoisotopic (exact) mass is 254 g/mol. The maximum Gasteiger partial charge on any atom is 0.262 e. The molecular formula is C16H18N2O. The fourth-order valence-corrected chi connectivity index (χ4v) is 2.00. The summed E-state index contributed by atoms with van der Waals surface area (Å²) in [6, 6.07) is 11.8. The van der Waals surface area contributed by atoms with Crippen LogP contribution in [0.4, 0.5) is 0 Å². The molecular weight excluding hydrogens is 236 g/mol. The van der Waals surface area contributed by atoms with E-state index in [1.807, 2.05) is 43.3 Å². The van der Waals surface area contributed by atoms with Crippen LogP contribution in [0.1, 0.15) is 37.8 Å². The lowest BCUT2D eigenvalue weighted by Gasteiger charge is -2.17. The number of nitrogens with zero attached hydrogens (tertiary/aromatic N) is 1. The van der Waals surface area contributed by atoms with Crippen molar-refractivity contribution < 1.29 is 4.79 Å². The Labute approximate surface area is 113 Å². The number of nitriles is 1. The van der Waals surface area contributed by atoms with Crippen LogP contribution in [-0.2, 0) is 4.79 Å². The van der Waals surface area contributed by atoms with Gasteiger partial charge in [0.2, 0.25) is 0 Å². The molecule has 3 heteroatoms. The molecule has 0 aromatic heterocycles. The molecule has 1 atom stereocenters. The summed E-state index contributed by atoms with van der Waals surface area (Å²) in [6.45, 7) is 2.02. The molecule has 98 valence electrons. The Morgan fingerprint density at radius 1 is 1.47 bits per heavy atom. The Kier molecular flexibility index (Phi) is 4.35. The molecule has 0 heterocycles. The highest BCUT2D eigenvalue weighted by Crippen LogP contribution is 2.31. The van der Waals surface area contributed by atoms with Gasteiger partial charge < -0.3 is 5.32 Å². The van der Waals surface area contributed by atoms with Crippen molar-refractivity contribution in [3.8, 4) is 6.07 Å². The number of benzene rings is 1. The zero-order valence-corrected chi connectivity index (χ0v) is 11.1. The van der Waals surface area contributed by atoms with Gasteiger partial charge in [-0.2, -0.15) is 5.26 Å². The van der Waals surface area contributed by atoms with Gasteiger partial charge in [-0.1, -0.05) is 43.3 Å². The SMILES string of the molecule is CC[C@@H](NC(=O)/C(C#N)=C\C1CC1)c1ccccc1. The highest BCUT2D eigenvalue weighted by molar-refractivity contribution is 5.97. The van der Waals surface area contributed by atoms with Gasteiger partial charge >= 0.3 is 0 Å². The lowest BCUT2D eigenvalue weighted by Crippen LogP contribution is -2.29. The summed E-state index contributed by atoms with van der Waals surface area (Å²) in [6.07, 6.45) is 4.79. The van der Waals surface area contributed by atoms with Gasteiger partial charge in [0.1, 0.15) is 11.6 Å². The van der Waals surface area contributed by atoms with Crippen LogP contribution in [0.15, 0.2) is 42.0 Å². The molecule has 2 rings (SSSR count). The number of hydrogen-bond donors (Lipinski definition) is 1. The van der Waals surface area contributed by atoms with E-state index >= 15 is 0 Å². The highest BCUT2D eigenvalue weighted by atomic mass is 16.1. The number of carbonyl (C=O) groups excluding carboxylic acids is 1. The van der Waals surface area contributed by atoms with Gasteiger partial charge in [-0.25, -0.2) is 0 Å². The van der Waals surface area contributed by atoms with E-state index in [0.29, 0.717) is 5.92 Å². The van der Waals surface area contributed by atoms with Crippen molar-refractivity contribution in [1.29, 1.82) is 5.26 Å². The molecule has 1 fully saturated rings. The lowest BCUT2D eigenvalue weighted by atomic mass is 10.0. The third kappa shape index (κ3) is 3.69. The van der Waals surface area contributed by atoms with Crippen LogP contribution in [0, 0.1) is 17.2 Å². The highest BCUT2D eigenvalue weighted by Gasteiger charge is 2.22. The average Bonchev–Trinajstić information content (AvgIpc) is 3.26. The summed E-state index contributed by atoms with van der Waals surface area (Å²) in [5.41, 5.74) is 1.32. The van der Waals surface area contributed by atoms with Crippen LogP contribution in [-0.4, -0.2) is 5.91 Å². The largest absolute Gasteiger partial charge is 0.345 e. The smallest absolute Gasteiger partial charge is 0.262 e. The molecule has 1 N–H and O–H groups in total. The zero-order valence-electron chi connectivity index (χ0n) is 11.1. The van der Waals surface area contributed by atoms with Crippen LogP contribution in [0.3, 0.4) is 0 Å². The maximum absolute atomic E-state index is 12.1. The number of hydrogen-bond acceptors (Lipinski definition) is 2. The lowest BCUT2D eigenvalue weighted by molar-refractivity contribution is -0.117. The Balaban J connectivity index is 2.06. The van der Waals surface area contributed by atoms with Crippen LogP contribution in [0.5, 0.6) is 0 Å². The number of amides is 1. The van der Waals surface area contributed by atoms with Gasteiger partial charge in [0, 0.05) is 0 Å². The fourth-order valence-electron chi connectivity index (χ4n) is 2.00. The number of allylic oxidation sites excluding steroid dienone is 1. The molecule has 0 bridgehead atoms. The van der Waals surface area contributed by atoms with Gasteiger partial charge in [-0.15, -0.1) is 0 Å². The molecule has 1 amide bonds. The van der Waals surface area contributed by atoms with Crippen LogP contribution in [0.2, 0.25) is 0 Å². The summed E-state index contributed by atoms with van der Waals surface area (Å²) in [4.78, 5) is 12.1. The van der Waals surface area contributed by atoms with E-state index in [-0.39, 0.29) is 17.5 Å². The van der Waals surface area contributed by atoms with E-state index in [9.17, 15) is 4.79 Å². The minimum Gasteiger partial charge on any atom is -0.345 e. The molecule has 19 heavy (non-hydrogen) atoms. The average molecular weight is 254 g/mol. The van der Waals surface area contributed by atoms with Crippen molar-refractivity contribution in [3.63, 3.8) is 0 Å². The minimum atomic E-state index is -0.259. The number of carbonyl (C=O) groups is 1. The van der Waals surface area contributed by atoms with Crippen molar-refractivity contribution >= 4 is 5.91 Å². The third-order valence-electron chi connectivity index (χ3n) is 3.30. The first-order chi connectivity index (χ1) is 9.24. The maximum atomic E-state index is 12.1. The van der Waals surface area contributed by atoms with E-state index in [0.717, 1.165) is 24.8 Å². The van der Waals surface area contributed by atoms with Crippen LogP contribution in [0.25, 0.3) is 0 Å². The van der Waals surface area contributed by atoms with E-state index in [1.54, 1.807) is 6.08 Å². The van der Waals surface area contributed by atoms with Gasteiger partial charge in [-0.3, -0.25) is 4.79 Å². The Morgan fingerprint density at radius 2 is 2.16 bits per heavy atom. The van der Waals surface area contributed by atoms with Crippen molar-refractivity contribution in [1.82, 2.24) is 5.32 Å². The van der Waals surface area contributed by atoms with Crippen LogP contribution >= 0.6 is 0 Å². The molecule has 0 spiro atoms. The second-order valence-corrected chi connectivity index (χ2v) is 4.87. The summed E-state index contributed by atoms with van der Waals surface area (Å²) in [7, 11) is 0. The molecule has 1 aliphatic carbocycles. The third-order valence-corrected chi connectivity index (χ3v) is 3.30. The van der Waals surface area contributed by atoms with Crippen LogP contribution < -0.4 is 5.32 Å². The van der Waals surface area contributed by atoms with E-state index in [2.05, 4.69) is 5.32 Å². The predicted octanol–water partition coefficient (Wildman–Crippen LogP) is 3.11. The first-order valence-electron chi connectivity index (χ1n) is 6.72. The Hall–Kier alpha value is -2.08. The topological polar surface area (TPSA) is 52.9 Å². The van der Waals surface area contributed by atoms with Gasteiger partial charge in [0.05, 0.1) is 6.04 Å². The first-order valence-corrected chi connectivity index (χ1v) is 6.72. The molecule has 1 aromatic rings. The van der Waals surface area contributed by atoms with E-state index in [1.165, 1.54) is 0 Å². The molecule has 3 nitrogen and oxygen atoms in total. The van der Waals surface area contributed by atoms with Gasteiger partial charge in [0.15, 0.2) is 0 Å². The fraction of sp³-hybridized carbons (Fsp3) is 0.375. The molecule has 1 saturated carbocycles. The zero-order chi connectivity index (χ0) is 13.7. The standard InChI is InChI=1S/C16H18N2O/c1-2-15(13-6-4-3-5-7-13)18-16(19)14(11-17)10-12-8-9-12/h3-7,10,12,15H,2,8-9H2,1H3,(H,18,19)/b14-10-/t15-/m1/s1. The van der Waals surface area contributed by atoms with E-state index < -0.39 is 0 Å². The molecule has 1 aromatic carbocycles. The predicted molar refractivity (Wildman–Crippen MR) is 74.0 cm³/mol. The van der Waals surface area contributed by atoms with Gasteiger partial charge in [0.25, 0.3) is 5.91 Å². The molecule has 0 unspecified atom stereocenters. The normalized spacial score (nSPS) is 16.5.